The third-order valence-electron chi connectivity index (χ3n) is 5.71. The Labute approximate surface area is 157 Å². The molecule has 0 amide bonds. The predicted molar refractivity (Wildman–Crippen MR) is 108 cm³/mol. The van der Waals surface area contributed by atoms with Crippen molar-refractivity contribution >= 4 is 21.6 Å². The van der Waals surface area contributed by atoms with Crippen molar-refractivity contribution < 1.29 is 0 Å². The Kier molecular flexibility index (Phi) is 4.65. The first-order valence-corrected chi connectivity index (χ1v) is 10.2. The van der Waals surface area contributed by atoms with E-state index in [1.807, 2.05) is 34.9 Å². The lowest BCUT2D eigenvalue weighted by Gasteiger charge is -2.28. The fraction of sp³-hybridized carbons (Fsp3) is 0.364. The molecule has 1 aliphatic rings. The van der Waals surface area contributed by atoms with E-state index < -0.39 is 0 Å². The number of nitrogens with zero attached hydrogens (tertiary/aromatic N) is 2. The Morgan fingerprint density at radius 2 is 1.92 bits per heavy atom. The zero-order valence-corrected chi connectivity index (χ0v) is 15.8. The second-order valence-corrected chi connectivity index (χ2v) is 8.21. The SMILES string of the molecule is CC(C1CCCCC1)n1c(=O)sc2cc(-c3ccccc3C#N)ccc21. The molecule has 0 spiro atoms. The van der Waals surface area contributed by atoms with Crippen molar-refractivity contribution in [1.29, 1.82) is 5.26 Å². The van der Waals surface area contributed by atoms with Gasteiger partial charge >= 0.3 is 4.87 Å². The van der Waals surface area contributed by atoms with Crippen molar-refractivity contribution in [2.75, 3.05) is 0 Å². The second-order valence-electron chi connectivity index (χ2n) is 7.22. The Bertz CT molecular complexity index is 1030. The van der Waals surface area contributed by atoms with E-state index in [2.05, 4.69) is 25.1 Å². The van der Waals surface area contributed by atoms with E-state index in [0.29, 0.717) is 11.5 Å². The first kappa shape index (κ1) is 17.1. The van der Waals surface area contributed by atoms with Crippen LogP contribution in [0.25, 0.3) is 21.3 Å². The average Bonchev–Trinajstić information content (AvgIpc) is 3.02. The highest BCUT2D eigenvalue weighted by Crippen LogP contribution is 2.35. The minimum Gasteiger partial charge on any atom is -0.296 e. The molecular weight excluding hydrogens is 340 g/mol. The Morgan fingerprint density at radius 1 is 1.15 bits per heavy atom. The molecule has 0 N–H and O–H groups in total. The highest BCUT2D eigenvalue weighted by atomic mass is 32.1. The van der Waals surface area contributed by atoms with Gasteiger partial charge in [0.1, 0.15) is 0 Å². The maximum Gasteiger partial charge on any atom is 0.308 e. The topological polar surface area (TPSA) is 45.8 Å². The number of thiazole rings is 1. The first-order valence-electron chi connectivity index (χ1n) is 9.33. The van der Waals surface area contributed by atoms with E-state index in [1.165, 1.54) is 43.4 Å². The smallest absolute Gasteiger partial charge is 0.296 e. The van der Waals surface area contributed by atoms with Crippen LogP contribution >= 0.6 is 11.3 Å². The number of aromatic nitrogens is 1. The monoisotopic (exact) mass is 362 g/mol. The molecule has 1 atom stereocenters. The van der Waals surface area contributed by atoms with Gasteiger partial charge in [0.15, 0.2) is 0 Å². The van der Waals surface area contributed by atoms with Crippen LogP contribution in [0, 0.1) is 17.2 Å². The summed E-state index contributed by atoms with van der Waals surface area (Å²) >= 11 is 1.32. The molecule has 1 aliphatic carbocycles. The third-order valence-corrected chi connectivity index (χ3v) is 6.63. The lowest BCUT2D eigenvalue weighted by atomic mass is 9.84. The molecule has 1 aromatic heterocycles. The molecule has 2 aromatic carbocycles. The maximum atomic E-state index is 12.7. The summed E-state index contributed by atoms with van der Waals surface area (Å²) in [6, 6.07) is 16.3. The summed E-state index contributed by atoms with van der Waals surface area (Å²) in [5, 5.41) is 9.36. The summed E-state index contributed by atoms with van der Waals surface area (Å²) in [5.41, 5.74) is 3.60. The van der Waals surface area contributed by atoms with Crippen molar-refractivity contribution in [3.05, 3.63) is 57.7 Å². The van der Waals surface area contributed by atoms with Gasteiger partial charge in [0.2, 0.25) is 0 Å². The minimum absolute atomic E-state index is 0.129. The number of nitriles is 1. The van der Waals surface area contributed by atoms with Crippen LogP contribution in [0.15, 0.2) is 47.3 Å². The van der Waals surface area contributed by atoms with Crippen molar-refractivity contribution in [2.24, 2.45) is 5.92 Å². The van der Waals surface area contributed by atoms with E-state index in [0.717, 1.165) is 21.3 Å². The van der Waals surface area contributed by atoms with E-state index >= 15 is 0 Å². The van der Waals surface area contributed by atoms with E-state index in [1.54, 1.807) is 0 Å². The Balaban J connectivity index is 1.77. The Hall–Kier alpha value is -2.38. The zero-order chi connectivity index (χ0) is 18.1. The van der Waals surface area contributed by atoms with Gasteiger partial charge in [-0.2, -0.15) is 5.26 Å². The van der Waals surface area contributed by atoms with Gasteiger partial charge in [-0.15, -0.1) is 0 Å². The minimum atomic E-state index is 0.129. The highest BCUT2D eigenvalue weighted by molar-refractivity contribution is 7.16. The molecule has 0 aliphatic heterocycles. The average molecular weight is 362 g/mol. The van der Waals surface area contributed by atoms with E-state index in [-0.39, 0.29) is 10.9 Å². The van der Waals surface area contributed by atoms with Gasteiger partial charge in [0.25, 0.3) is 0 Å². The molecule has 1 saturated carbocycles. The van der Waals surface area contributed by atoms with Crippen molar-refractivity contribution in [3.8, 4) is 17.2 Å². The fourth-order valence-corrected chi connectivity index (χ4v) is 5.26. The summed E-state index contributed by atoms with van der Waals surface area (Å²) in [5.74, 6) is 0.596. The van der Waals surface area contributed by atoms with Crippen LogP contribution in [0.2, 0.25) is 0 Å². The molecule has 1 heterocycles. The number of rotatable bonds is 3. The first-order chi connectivity index (χ1) is 12.7. The van der Waals surface area contributed by atoms with Crippen molar-refractivity contribution in [3.63, 3.8) is 0 Å². The lowest BCUT2D eigenvalue weighted by Crippen LogP contribution is -2.25. The van der Waals surface area contributed by atoms with Crippen LogP contribution in [0.5, 0.6) is 0 Å². The number of hydrogen-bond acceptors (Lipinski definition) is 3. The molecule has 26 heavy (non-hydrogen) atoms. The van der Waals surface area contributed by atoms with Crippen LogP contribution in [-0.2, 0) is 0 Å². The molecule has 3 nitrogen and oxygen atoms in total. The number of fused-ring (bicyclic) bond motifs is 1. The standard InChI is InChI=1S/C22H22N2OS/c1-15(16-7-3-2-4-8-16)24-20-12-11-17(13-21(20)26-22(24)25)19-10-6-5-9-18(19)14-23/h5-6,9-13,15-16H,2-4,7-8H2,1H3. The molecule has 4 heteroatoms. The van der Waals surface area contributed by atoms with Crippen LogP contribution in [0.3, 0.4) is 0 Å². The molecule has 132 valence electrons. The number of benzene rings is 2. The summed E-state index contributed by atoms with van der Waals surface area (Å²) in [7, 11) is 0. The molecule has 0 saturated heterocycles. The van der Waals surface area contributed by atoms with Gasteiger partial charge in [-0.25, -0.2) is 0 Å². The van der Waals surface area contributed by atoms with Crippen LogP contribution in [0.1, 0.15) is 50.6 Å². The molecular formula is C22H22N2OS. The fourth-order valence-electron chi connectivity index (χ4n) is 4.25. The van der Waals surface area contributed by atoms with E-state index in [4.69, 9.17) is 0 Å². The second kappa shape index (κ2) is 7.09. The molecule has 0 radical (unpaired) electrons. The van der Waals surface area contributed by atoms with Crippen molar-refractivity contribution in [2.45, 2.75) is 45.1 Å². The summed E-state index contributed by atoms with van der Waals surface area (Å²) in [6.45, 7) is 2.20. The van der Waals surface area contributed by atoms with Gasteiger partial charge in [-0.3, -0.25) is 9.36 Å². The number of hydrogen-bond donors (Lipinski definition) is 0. The van der Waals surface area contributed by atoms with Crippen molar-refractivity contribution in [1.82, 2.24) is 4.57 Å². The van der Waals surface area contributed by atoms with Gasteiger partial charge in [-0.05, 0) is 55.0 Å². The highest BCUT2D eigenvalue weighted by Gasteiger charge is 2.24. The van der Waals surface area contributed by atoms with Gasteiger partial charge in [0, 0.05) is 6.04 Å². The van der Waals surface area contributed by atoms with Crippen LogP contribution in [-0.4, -0.2) is 4.57 Å². The summed E-state index contributed by atoms with van der Waals surface area (Å²) < 4.78 is 3.00. The lowest BCUT2D eigenvalue weighted by molar-refractivity contribution is 0.266. The predicted octanol–water partition coefficient (Wildman–Crippen LogP) is 5.74. The molecule has 1 unspecified atom stereocenters. The maximum absolute atomic E-state index is 12.7. The quantitative estimate of drug-likeness (QED) is 0.596. The largest absolute Gasteiger partial charge is 0.308 e. The molecule has 3 aromatic rings. The van der Waals surface area contributed by atoms with Crippen LogP contribution in [0.4, 0.5) is 0 Å². The summed E-state index contributed by atoms with van der Waals surface area (Å²) in [4.78, 5) is 12.9. The molecule has 0 bridgehead atoms. The normalized spacial score (nSPS) is 16.5. The molecule has 1 fully saturated rings. The molecule has 4 rings (SSSR count). The zero-order valence-electron chi connectivity index (χ0n) is 14.9. The van der Waals surface area contributed by atoms with Gasteiger partial charge in [0.05, 0.1) is 21.8 Å². The van der Waals surface area contributed by atoms with Gasteiger partial charge < -0.3 is 0 Å². The van der Waals surface area contributed by atoms with Gasteiger partial charge in [-0.1, -0.05) is 54.9 Å². The summed E-state index contributed by atoms with van der Waals surface area (Å²) in [6.07, 6.45) is 6.32. The van der Waals surface area contributed by atoms with E-state index in [9.17, 15) is 10.1 Å². The Morgan fingerprint density at radius 3 is 2.69 bits per heavy atom. The third kappa shape index (κ3) is 2.97. The van der Waals surface area contributed by atoms with Crippen LogP contribution < -0.4 is 4.87 Å².